The Morgan fingerprint density at radius 1 is 1.02 bits per heavy atom. The number of amides is 4. The molecule has 4 amide bonds. The molecule has 0 aromatic heterocycles. The van der Waals surface area contributed by atoms with Crippen LogP contribution in [0.5, 0.6) is 0 Å². The number of piperidine rings is 1. The van der Waals surface area contributed by atoms with Crippen LogP contribution in [0.3, 0.4) is 0 Å². The number of carbonyl (C=O) groups excluding carboxylic acids is 5. The van der Waals surface area contributed by atoms with Crippen LogP contribution in [-0.4, -0.2) is 70.9 Å². The molecule has 1 aliphatic heterocycles. The molecule has 0 spiro atoms. The van der Waals surface area contributed by atoms with E-state index in [2.05, 4.69) is 10.6 Å². The Labute approximate surface area is 232 Å². The SMILES string of the molecule is CC(C)(C)OC(=O)N[C@H](C(=O)N1C[C@H]2[C@@H]([C@H]1C(=O)NC(CCC(F)(F)F)C(=O)C(N)=O)C2(C)C)C1CCCCC1. The van der Waals surface area contributed by atoms with Crippen molar-refractivity contribution in [2.24, 2.45) is 28.9 Å². The zero-order valence-electron chi connectivity index (χ0n) is 23.7. The second kappa shape index (κ2) is 11.6. The van der Waals surface area contributed by atoms with E-state index in [9.17, 15) is 37.1 Å². The molecule has 2 aliphatic carbocycles. The van der Waals surface area contributed by atoms with Gasteiger partial charge in [0.05, 0.1) is 6.04 Å². The normalized spacial score (nSPS) is 25.8. The number of ketones is 1. The maximum Gasteiger partial charge on any atom is 0.408 e. The average molecular weight is 575 g/mol. The monoisotopic (exact) mass is 574 g/mol. The van der Waals surface area contributed by atoms with E-state index >= 15 is 0 Å². The van der Waals surface area contributed by atoms with Gasteiger partial charge in [0.1, 0.15) is 17.7 Å². The summed E-state index contributed by atoms with van der Waals surface area (Å²) in [5.41, 5.74) is 3.91. The number of rotatable bonds is 9. The van der Waals surface area contributed by atoms with Gasteiger partial charge in [-0.2, -0.15) is 13.2 Å². The number of likely N-dealkylation sites (tertiary alicyclic amines) is 1. The summed E-state index contributed by atoms with van der Waals surface area (Å²) < 4.78 is 44.1. The zero-order chi connectivity index (χ0) is 30.2. The Hall–Kier alpha value is -2.86. The predicted octanol–water partition coefficient (Wildman–Crippen LogP) is 2.82. The molecule has 3 fully saturated rings. The van der Waals surface area contributed by atoms with E-state index in [0.717, 1.165) is 19.3 Å². The summed E-state index contributed by atoms with van der Waals surface area (Å²) in [5.74, 6) is -4.65. The first-order valence-electron chi connectivity index (χ1n) is 13.8. The number of alkyl carbamates (subject to hydrolysis) is 1. The minimum absolute atomic E-state index is 0.0544. The molecule has 5 atom stereocenters. The molecule has 3 rings (SSSR count). The van der Waals surface area contributed by atoms with Gasteiger partial charge >= 0.3 is 12.3 Å². The van der Waals surface area contributed by atoms with Crippen molar-refractivity contribution in [3.63, 3.8) is 0 Å². The van der Waals surface area contributed by atoms with Crippen molar-refractivity contribution in [2.45, 2.75) is 109 Å². The van der Waals surface area contributed by atoms with Crippen molar-refractivity contribution in [3.8, 4) is 0 Å². The van der Waals surface area contributed by atoms with Crippen LogP contribution < -0.4 is 16.4 Å². The van der Waals surface area contributed by atoms with Crippen molar-refractivity contribution in [3.05, 3.63) is 0 Å². The highest BCUT2D eigenvalue weighted by Crippen LogP contribution is 2.65. The first-order chi connectivity index (χ1) is 18.3. The summed E-state index contributed by atoms with van der Waals surface area (Å²) in [7, 11) is 0. The van der Waals surface area contributed by atoms with E-state index in [1.54, 1.807) is 20.8 Å². The standard InChI is InChI=1S/C27H41F3N4O6/c1-25(2,3)40-24(39)33-18(14-9-7-6-8-10-14)23(38)34-13-15-17(26(15,4)5)19(34)22(37)32-16(20(35)21(31)36)11-12-27(28,29)30/h14-19H,6-13H2,1-5H3,(H2,31,36)(H,32,37)(H,33,39)/t15-,16?,17-,18-,19-/m0/s1. The van der Waals surface area contributed by atoms with Crippen molar-refractivity contribution in [2.75, 3.05) is 6.54 Å². The third-order valence-corrected chi connectivity index (χ3v) is 8.41. The average Bonchev–Trinajstić information content (AvgIpc) is 3.15. The van der Waals surface area contributed by atoms with Crippen LogP contribution in [0, 0.1) is 23.2 Å². The van der Waals surface area contributed by atoms with E-state index in [1.807, 2.05) is 13.8 Å². The lowest BCUT2D eigenvalue weighted by molar-refractivity contribution is -0.147. The van der Waals surface area contributed by atoms with Gasteiger partial charge in [-0.05, 0) is 63.2 Å². The van der Waals surface area contributed by atoms with Gasteiger partial charge in [0.2, 0.25) is 17.6 Å². The molecule has 13 heteroatoms. The van der Waals surface area contributed by atoms with Gasteiger partial charge in [0.25, 0.3) is 5.91 Å². The number of nitrogens with two attached hydrogens (primary N) is 1. The van der Waals surface area contributed by atoms with Gasteiger partial charge in [-0.1, -0.05) is 33.1 Å². The Kier molecular flexibility index (Phi) is 9.15. The van der Waals surface area contributed by atoms with Gasteiger partial charge in [0.15, 0.2) is 0 Å². The zero-order valence-corrected chi connectivity index (χ0v) is 23.7. The van der Waals surface area contributed by atoms with Crippen LogP contribution in [0.4, 0.5) is 18.0 Å². The molecular formula is C27H41F3N4O6. The Balaban J connectivity index is 1.86. The summed E-state index contributed by atoms with van der Waals surface area (Å²) in [6, 6.07) is -3.83. The smallest absolute Gasteiger partial charge is 0.408 e. The molecule has 1 saturated heterocycles. The highest BCUT2D eigenvalue weighted by molar-refractivity contribution is 6.37. The molecule has 3 aliphatic rings. The topological polar surface area (TPSA) is 148 Å². The number of carbonyl (C=O) groups is 5. The number of primary amides is 1. The highest BCUT2D eigenvalue weighted by atomic mass is 19.4. The van der Waals surface area contributed by atoms with Crippen molar-refractivity contribution in [1.29, 1.82) is 0 Å². The number of alkyl halides is 3. The van der Waals surface area contributed by atoms with Crippen LogP contribution in [0.2, 0.25) is 0 Å². The van der Waals surface area contributed by atoms with Crippen molar-refractivity contribution >= 4 is 29.6 Å². The first-order valence-corrected chi connectivity index (χ1v) is 13.8. The molecule has 4 N–H and O–H groups in total. The van der Waals surface area contributed by atoms with Gasteiger partial charge in [-0.15, -0.1) is 0 Å². The van der Waals surface area contributed by atoms with Crippen molar-refractivity contribution < 1.29 is 41.9 Å². The summed E-state index contributed by atoms with van der Waals surface area (Å²) in [4.78, 5) is 65.4. The fourth-order valence-corrected chi connectivity index (χ4v) is 6.28. The lowest BCUT2D eigenvalue weighted by atomic mass is 9.83. The molecule has 0 aromatic carbocycles. The number of ether oxygens (including phenoxy) is 1. The second-order valence-electron chi connectivity index (χ2n) is 12.9. The van der Waals surface area contributed by atoms with Crippen LogP contribution in [0.25, 0.3) is 0 Å². The molecule has 1 heterocycles. The van der Waals surface area contributed by atoms with E-state index < -0.39 is 72.3 Å². The summed E-state index contributed by atoms with van der Waals surface area (Å²) in [5, 5.41) is 5.00. The van der Waals surface area contributed by atoms with Gasteiger partial charge < -0.3 is 26.0 Å². The molecule has 10 nitrogen and oxygen atoms in total. The molecule has 0 bridgehead atoms. The molecule has 40 heavy (non-hydrogen) atoms. The van der Waals surface area contributed by atoms with Crippen LogP contribution in [0.1, 0.15) is 79.6 Å². The number of hydrogen-bond acceptors (Lipinski definition) is 6. The fraction of sp³-hybridized carbons (Fsp3) is 0.815. The summed E-state index contributed by atoms with van der Waals surface area (Å²) in [6.07, 6.45) is -3.51. The summed E-state index contributed by atoms with van der Waals surface area (Å²) in [6.45, 7) is 9.16. The number of nitrogens with one attached hydrogen (secondary N) is 2. The minimum Gasteiger partial charge on any atom is -0.444 e. The minimum atomic E-state index is -4.62. The Bertz CT molecular complexity index is 1020. The fourth-order valence-electron chi connectivity index (χ4n) is 6.28. The summed E-state index contributed by atoms with van der Waals surface area (Å²) >= 11 is 0. The van der Waals surface area contributed by atoms with Crippen molar-refractivity contribution in [1.82, 2.24) is 15.5 Å². The van der Waals surface area contributed by atoms with Gasteiger partial charge in [0, 0.05) is 13.0 Å². The second-order valence-corrected chi connectivity index (χ2v) is 12.9. The molecular weight excluding hydrogens is 533 g/mol. The Morgan fingerprint density at radius 3 is 2.15 bits per heavy atom. The number of Topliss-reactive ketones (excluding diaryl/α,β-unsaturated/α-hetero) is 1. The van der Waals surface area contributed by atoms with E-state index in [4.69, 9.17) is 10.5 Å². The Morgan fingerprint density at radius 2 is 1.62 bits per heavy atom. The van der Waals surface area contributed by atoms with E-state index in [1.165, 1.54) is 4.90 Å². The quantitative estimate of drug-likeness (QED) is 0.361. The number of hydrogen-bond donors (Lipinski definition) is 3. The van der Waals surface area contributed by atoms with E-state index in [-0.39, 0.29) is 29.7 Å². The number of halogens is 3. The highest BCUT2D eigenvalue weighted by Gasteiger charge is 2.69. The van der Waals surface area contributed by atoms with Crippen LogP contribution in [-0.2, 0) is 23.9 Å². The van der Waals surface area contributed by atoms with Crippen LogP contribution >= 0.6 is 0 Å². The molecule has 2 saturated carbocycles. The van der Waals surface area contributed by atoms with Crippen LogP contribution in [0.15, 0.2) is 0 Å². The lowest BCUT2D eigenvalue weighted by Gasteiger charge is -2.37. The molecule has 1 unspecified atom stereocenters. The van der Waals surface area contributed by atoms with Gasteiger partial charge in [-0.25, -0.2) is 4.79 Å². The molecule has 0 radical (unpaired) electrons. The first kappa shape index (κ1) is 31.7. The largest absolute Gasteiger partial charge is 0.444 e. The molecule has 0 aromatic rings. The van der Waals surface area contributed by atoms with Gasteiger partial charge in [-0.3, -0.25) is 19.2 Å². The maximum absolute atomic E-state index is 14.0. The van der Waals surface area contributed by atoms with E-state index in [0.29, 0.717) is 12.8 Å². The molecule has 226 valence electrons. The predicted molar refractivity (Wildman–Crippen MR) is 137 cm³/mol. The number of nitrogens with zero attached hydrogens (tertiary/aromatic N) is 1. The lowest BCUT2D eigenvalue weighted by Crippen LogP contribution is -2.59. The third-order valence-electron chi connectivity index (χ3n) is 8.41. The number of fused-ring (bicyclic) bond motifs is 1. The third kappa shape index (κ3) is 7.45. The maximum atomic E-state index is 14.0.